The van der Waals surface area contributed by atoms with Crippen LogP contribution in [0.15, 0.2) is 55.1 Å². The van der Waals surface area contributed by atoms with E-state index in [0.29, 0.717) is 6.42 Å². The third-order valence-corrected chi connectivity index (χ3v) is 4.83. The number of nitrogens with zero attached hydrogens (tertiary/aromatic N) is 5. The van der Waals surface area contributed by atoms with Crippen LogP contribution in [0.1, 0.15) is 36.0 Å². The van der Waals surface area contributed by atoms with Crippen molar-refractivity contribution in [3.63, 3.8) is 0 Å². The van der Waals surface area contributed by atoms with E-state index in [0.717, 1.165) is 42.3 Å². The molecular formula is C20H21N5O. The summed E-state index contributed by atoms with van der Waals surface area (Å²) < 4.78 is 1.90. The normalized spacial score (nSPS) is 16.8. The summed E-state index contributed by atoms with van der Waals surface area (Å²) in [6, 6.07) is 9.86. The summed E-state index contributed by atoms with van der Waals surface area (Å²) in [7, 11) is 0. The second kappa shape index (κ2) is 7.07. The molecule has 26 heavy (non-hydrogen) atoms. The quantitative estimate of drug-likeness (QED) is 0.728. The molecule has 6 heteroatoms. The Labute approximate surface area is 152 Å². The minimum absolute atomic E-state index is 0.0116. The van der Waals surface area contributed by atoms with Gasteiger partial charge in [0, 0.05) is 18.9 Å². The molecule has 132 valence electrons. The van der Waals surface area contributed by atoms with E-state index in [4.69, 9.17) is 4.98 Å². The van der Waals surface area contributed by atoms with Gasteiger partial charge < -0.3 is 4.90 Å². The Kier molecular flexibility index (Phi) is 4.48. The molecule has 1 aromatic carbocycles. The highest BCUT2D eigenvalue weighted by Crippen LogP contribution is 2.31. The standard InChI is InChI=1S/C20H21N5O/c1-15-22-9-11-24(15)19-14-21-13-17(23-19)18-8-5-10-25(18)20(26)12-16-6-3-2-4-7-16/h2-4,6-7,9,11,13-14,18H,5,8,10,12H2,1H3/t18-/m0/s1. The van der Waals surface area contributed by atoms with Gasteiger partial charge in [0.25, 0.3) is 0 Å². The van der Waals surface area contributed by atoms with Crippen molar-refractivity contribution in [1.82, 2.24) is 24.4 Å². The van der Waals surface area contributed by atoms with Crippen molar-refractivity contribution in [2.75, 3.05) is 6.54 Å². The molecule has 3 heterocycles. The Bertz CT molecular complexity index is 905. The van der Waals surface area contributed by atoms with Crippen LogP contribution >= 0.6 is 0 Å². The van der Waals surface area contributed by atoms with Gasteiger partial charge in [-0.3, -0.25) is 14.3 Å². The lowest BCUT2D eigenvalue weighted by atomic mass is 10.1. The smallest absolute Gasteiger partial charge is 0.227 e. The minimum Gasteiger partial charge on any atom is -0.334 e. The van der Waals surface area contributed by atoms with Gasteiger partial charge in [0.15, 0.2) is 5.82 Å². The van der Waals surface area contributed by atoms with Gasteiger partial charge in [-0.15, -0.1) is 0 Å². The summed E-state index contributed by atoms with van der Waals surface area (Å²) in [5.74, 6) is 1.74. The number of carbonyl (C=O) groups is 1. The van der Waals surface area contributed by atoms with Crippen LogP contribution in [-0.2, 0) is 11.2 Å². The third-order valence-electron chi connectivity index (χ3n) is 4.83. The first-order valence-electron chi connectivity index (χ1n) is 8.88. The molecule has 1 amide bonds. The zero-order chi connectivity index (χ0) is 17.9. The zero-order valence-corrected chi connectivity index (χ0v) is 14.7. The van der Waals surface area contributed by atoms with Crippen molar-refractivity contribution in [3.8, 4) is 5.82 Å². The Hall–Kier alpha value is -3.02. The molecule has 6 nitrogen and oxygen atoms in total. The monoisotopic (exact) mass is 347 g/mol. The van der Waals surface area contributed by atoms with Gasteiger partial charge in [0.2, 0.25) is 5.91 Å². The Morgan fingerprint density at radius 1 is 1.23 bits per heavy atom. The van der Waals surface area contributed by atoms with E-state index in [-0.39, 0.29) is 11.9 Å². The molecule has 2 aromatic heterocycles. The third kappa shape index (κ3) is 3.22. The van der Waals surface area contributed by atoms with E-state index >= 15 is 0 Å². The lowest BCUT2D eigenvalue weighted by Crippen LogP contribution is -2.32. The minimum atomic E-state index is -0.0116. The molecule has 1 fully saturated rings. The molecule has 1 saturated heterocycles. The predicted octanol–water partition coefficient (Wildman–Crippen LogP) is 2.88. The second-order valence-electron chi connectivity index (χ2n) is 6.55. The summed E-state index contributed by atoms with van der Waals surface area (Å²) in [5, 5.41) is 0. The predicted molar refractivity (Wildman–Crippen MR) is 97.7 cm³/mol. The van der Waals surface area contributed by atoms with Gasteiger partial charge in [-0.05, 0) is 25.3 Å². The van der Waals surface area contributed by atoms with Crippen molar-refractivity contribution in [2.24, 2.45) is 0 Å². The number of aryl methyl sites for hydroxylation is 1. The molecule has 0 radical (unpaired) electrons. The number of aromatic nitrogens is 4. The maximum atomic E-state index is 12.8. The second-order valence-corrected chi connectivity index (χ2v) is 6.55. The summed E-state index contributed by atoms with van der Waals surface area (Å²) >= 11 is 0. The highest BCUT2D eigenvalue weighted by Gasteiger charge is 2.31. The molecule has 1 aliphatic heterocycles. The topological polar surface area (TPSA) is 63.9 Å². The van der Waals surface area contributed by atoms with Crippen molar-refractivity contribution in [2.45, 2.75) is 32.2 Å². The van der Waals surface area contributed by atoms with Crippen LogP contribution in [0, 0.1) is 6.92 Å². The van der Waals surface area contributed by atoms with Crippen molar-refractivity contribution >= 4 is 5.91 Å². The molecule has 1 atom stereocenters. The van der Waals surface area contributed by atoms with Gasteiger partial charge in [-0.2, -0.15) is 0 Å². The Morgan fingerprint density at radius 2 is 2.08 bits per heavy atom. The molecule has 0 spiro atoms. The van der Waals surface area contributed by atoms with Gasteiger partial charge >= 0.3 is 0 Å². The van der Waals surface area contributed by atoms with Crippen LogP contribution in [0.4, 0.5) is 0 Å². The largest absolute Gasteiger partial charge is 0.334 e. The molecule has 0 saturated carbocycles. The SMILES string of the molecule is Cc1nccn1-c1cncc([C@@H]2CCCN2C(=O)Cc2ccccc2)n1. The van der Waals surface area contributed by atoms with Crippen LogP contribution in [-0.4, -0.2) is 36.9 Å². The lowest BCUT2D eigenvalue weighted by molar-refractivity contribution is -0.131. The van der Waals surface area contributed by atoms with Gasteiger partial charge in [-0.1, -0.05) is 30.3 Å². The van der Waals surface area contributed by atoms with Gasteiger partial charge in [0.05, 0.1) is 30.6 Å². The number of amides is 1. The number of likely N-dealkylation sites (tertiary alicyclic amines) is 1. The Morgan fingerprint density at radius 3 is 2.85 bits per heavy atom. The maximum absolute atomic E-state index is 12.8. The van der Waals surface area contributed by atoms with E-state index in [2.05, 4.69) is 9.97 Å². The zero-order valence-electron chi connectivity index (χ0n) is 14.7. The Balaban J connectivity index is 1.57. The highest BCUT2D eigenvalue weighted by molar-refractivity contribution is 5.79. The number of carbonyl (C=O) groups excluding carboxylic acids is 1. The van der Waals surface area contributed by atoms with Gasteiger partial charge in [0.1, 0.15) is 5.82 Å². The van der Waals surface area contributed by atoms with Crippen LogP contribution in [0.5, 0.6) is 0 Å². The maximum Gasteiger partial charge on any atom is 0.227 e. The van der Waals surface area contributed by atoms with Crippen molar-refractivity contribution in [1.29, 1.82) is 0 Å². The first kappa shape index (κ1) is 16.4. The fourth-order valence-electron chi connectivity index (χ4n) is 3.51. The van der Waals surface area contributed by atoms with Crippen LogP contribution in [0.2, 0.25) is 0 Å². The number of imidazole rings is 1. The van der Waals surface area contributed by atoms with E-state index in [9.17, 15) is 4.79 Å². The fourth-order valence-corrected chi connectivity index (χ4v) is 3.51. The van der Waals surface area contributed by atoms with Crippen LogP contribution < -0.4 is 0 Å². The van der Waals surface area contributed by atoms with Crippen molar-refractivity contribution < 1.29 is 4.79 Å². The van der Waals surface area contributed by atoms with E-state index < -0.39 is 0 Å². The fraction of sp³-hybridized carbons (Fsp3) is 0.300. The summed E-state index contributed by atoms with van der Waals surface area (Å²) in [4.78, 5) is 28.1. The first-order valence-corrected chi connectivity index (χ1v) is 8.88. The molecule has 4 rings (SSSR count). The van der Waals surface area contributed by atoms with Crippen LogP contribution in [0.3, 0.4) is 0 Å². The number of rotatable bonds is 4. The number of hydrogen-bond acceptors (Lipinski definition) is 4. The average molecular weight is 347 g/mol. The van der Waals surface area contributed by atoms with E-state index in [1.165, 1.54) is 0 Å². The molecule has 1 aliphatic rings. The summed E-state index contributed by atoms with van der Waals surface area (Å²) in [6.07, 6.45) is 9.44. The molecule has 0 unspecified atom stereocenters. The average Bonchev–Trinajstić information content (AvgIpc) is 3.32. The van der Waals surface area contributed by atoms with E-state index in [1.54, 1.807) is 18.6 Å². The first-order chi connectivity index (χ1) is 12.7. The molecular weight excluding hydrogens is 326 g/mol. The van der Waals surface area contributed by atoms with E-state index in [1.807, 2.05) is 52.9 Å². The summed E-state index contributed by atoms with van der Waals surface area (Å²) in [6.45, 7) is 2.70. The number of hydrogen-bond donors (Lipinski definition) is 0. The molecule has 0 bridgehead atoms. The number of benzene rings is 1. The van der Waals surface area contributed by atoms with Gasteiger partial charge in [-0.25, -0.2) is 9.97 Å². The lowest BCUT2D eigenvalue weighted by Gasteiger charge is -2.24. The molecule has 3 aromatic rings. The van der Waals surface area contributed by atoms with Crippen molar-refractivity contribution in [3.05, 3.63) is 72.2 Å². The molecule has 0 aliphatic carbocycles. The summed E-state index contributed by atoms with van der Waals surface area (Å²) in [5.41, 5.74) is 1.88. The molecule has 0 N–H and O–H groups in total. The highest BCUT2D eigenvalue weighted by atomic mass is 16.2. The van der Waals surface area contributed by atoms with Crippen LogP contribution in [0.25, 0.3) is 5.82 Å².